The minimum atomic E-state index is -0.979. The summed E-state index contributed by atoms with van der Waals surface area (Å²) >= 11 is 3.39. The van der Waals surface area contributed by atoms with Gasteiger partial charge >= 0.3 is 0 Å². The lowest BCUT2D eigenvalue weighted by molar-refractivity contribution is -0.115. The third kappa shape index (κ3) is 3.67. The number of carbonyl (C=O) groups excluding carboxylic acids is 1. The van der Waals surface area contributed by atoms with Gasteiger partial charge in [-0.05, 0) is 53.0 Å². The monoisotopic (exact) mass is 353 g/mol. The number of rotatable bonds is 3. The van der Waals surface area contributed by atoms with Gasteiger partial charge in [-0.3, -0.25) is 4.79 Å². The normalized spacial score (nSPS) is 10.5. The molecule has 110 valence electrons. The van der Waals surface area contributed by atoms with Crippen LogP contribution in [0.2, 0.25) is 0 Å². The Bertz CT molecular complexity index is 678. The van der Waals surface area contributed by atoms with E-state index in [4.69, 9.17) is 0 Å². The molecule has 0 bridgehead atoms. The Balaban J connectivity index is 2.18. The van der Waals surface area contributed by atoms with E-state index in [9.17, 15) is 13.6 Å². The number of nitrogens with one attached hydrogen (secondary N) is 1. The summed E-state index contributed by atoms with van der Waals surface area (Å²) in [5.41, 5.74) is 2.64. The second-order valence-corrected chi connectivity index (χ2v) is 5.73. The van der Waals surface area contributed by atoms with Crippen LogP contribution in [0.1, 0.15) is 16.7 Å². The summed E-state index contributed by atoms with van der Waals surface area (Å²) in [5, 5.41) is 2.73. The number of amides is 1. The Morgan fingerprint density at radius 1 is 1.24 bits per heavy atom. The van der Waals surface area contributed by atoms with Gasteiger partial charge in [0, 0.05) is 10.0 Å². The zero-order chi connectivity index (χ0) is 15.6. The van der Waals surface area contributed by atoms with Crippen LogP contribution in [0.15, 0.2) is 34.8 Å². The number of hydrogen-bond acceptors (Lipinski definition) is 1. The lowest BCUT2D eigenvalue weighted by atomic mass is 10.1. The summed E-state index contributed by atoms with van der Waals surface area (Å²) in [6.07, 6.45) is -0.219. The molecule has 2 aromatic rings. The summed E-state index contributed by atoms with van der Waals surface area (Å²) in [4.78, 5) is 12.0. The Morgan fingerprint density at radius 3 is 2.62 bits per heavy atom. The molecule has 2 nitrogen and oxygen atoms in total. The molecule has 0 aromatic heterocycles. The van der Waals surface area contributed by atoms with Gasteiger partial charge in [0.1, 0.15) is 0 Å². The van der Waals surface area contributed by atoms with Crippen molar-refractivity contribution < 1.29 is 13.6 Å². The topological polar surface area (TPSA) is 29.1 Å². The van der Waals surface area contributed by atoms with Crippen LogP contribution < -0.4 is 5.32 Å². The minimum Gasteiger partial charge on any atom is -0.325 e. The highest BCUT2D eigenvalue weighted by Crippen LogP contribution is 2.28. The average Bonchev–Trinajstić information content (AvgIpc) is 2.39. The molecule has 1 N–H and O–H groups in total. The Labute approximate surface area is 130 Å². The maximum absolute atomic E-state index is 13.5. The molecule has 0 radical (unpaired) electrons. The Morgan fingerprint density at radius 2 is 1.95 bits per heavy atom. The summed E-state index contributed by atoms with van der Waals surface area (Å²) in [7, 11) is 0. The van der Waals surface area contributed by atoms with Gasteiger partial charge in [-0.25, -0.2) is 8.78 Å². The number of carbonyl (C=O) groups is 1. The van der Waals surface area contributed by atoms with E-state index in [1.54, 1.807) is 0 Å². The third-order valence-electron chi connectivity index (χ3n) is 3.08. The summed E-state index contributed by atoms with van der Waals surface area (Å²) < 4.78 is 27.4. The first-order valence-corrected chi connectivity index (χ1v) is 7.17. The molecule has 0 saturated carbocycles. The van der Waals surface area contributed by atoms with Crippen LogP contribution in [0.3, 0.4) is 0 Å². The Hall–Kier alpha value is -1.75. The molecule has 5 heteroatoms. The summed E-state index contributed by atoms with van der Waals surface area (Å²) in [6.45, 7) is 3.82. The van der Waals surface area contributed by atoms with Crippen LogP contribution in [0.25, 0.3) is 0 Å². The van der Waals surface area contributed by atoms with Gasteiger partial charge < -0.3 is 5.32 Å². The van der Waals surface area contributed by atoms with Gasteiger partial charge in [0.2, 0.25) is 5.91 Å². The molecule has 0 heterocycles. The van der Waals surface area contributed by atoms with Crippen molar-refractivity contribution in [2.45, 2.75) is 20.3 Å². The van der Waals surface area contributed by atoms with Crippen LogP contribution in [-0.2, 0) is 11.2 Å². The van der Waals surface area contributed by atoms with E-state index in [1.807, 2.05) is 26.0 Å². The van der Waals surface area contributed by atoms with E-state index < -0.39 is 17.5 Å². The van der Waals surface area contributed by atoms with Crippen molar-refractivity contribution in [2.75, 3.05) is 5.32 Å². The maximum Gasteiger partial charge on any atom is 0.228 e. The van der Waals surface area contributed by atoms with Gasteiger partial charge in [-0.1, -0.05) is 18.2 Å². The first-order valence-electron chi connectivity index (χ1n) is 6.38. The van der Waals surface area contributed by atoms with Crippen molar-refractivity contribution >= 4 is 27.5 Å². The second kappa shape index (κ2) is 6.35. The number of benzene rings is 2. The quantitative estimate of drug-likeness (QED) is 0.863. The fourth-order valence-electron chi connectivity index (χ4n) is 2.12. The number of anilines is 1. The average molecular weight is 354 g/mol. The highest BCUT2D eigenvalue weighted by Gasteiger charge is 2.14. The van der Waals surface area contributed by atoms with Gasteiger partial charge in [-0.15, -0.1) is 0 Å². The van der Waals surface area contributed by atoms with E-state index >= 15 is 0 Å². The predicted octanol–water partition coefficient (Wildman–Crippen LogP) is 4.53. The standard InChI is InChI=1S/C16H14BrF2NO/c1-9-6-10(2)16(12(17)7-9)20-14(21)8-11-4-3-5-13(18)15(11)19/h3-7H,8H2,1-2H3,(H,20,21). The fraction of sp³-hybridized carbons (Fsp3) is 0.188. The van der Waals surface area contributed by atoms with Crippen LogP contribution in [0, 0.1) is 25.5 Å². The van der Waals surface area contributed by atoms with Crippen LogP contribution in [-0.4, -0.2) is 5.91 Å². The molecule has 1 amide bonds. The zero-order valence-electron chi connectivity index (χ0n) is 11.6. The van der Waals surface area contributed by atoms with Crippen molar-refractivity contribution in [1.82, 2.24) is 0 Å². The maximum atomic E-state index is 13.5. The lowest BCUT2D eigenvalue weighted by Crippen LogP contribution is -2.16. The molecule has 0 fully saturated rings. The predicted molar refractivity (Wildman–Crippen MR) is 82.3 cm³/mol. The summed E-state index contributed by atoms with van der Waals surface area (Å²) in [6, 6.07) is 7.62. The number of hydrogen-bond donors (Lipinski definition) is 1. The molecular formula is C16H14BrF2NO. The van der Waals surface area contributed by atoms with Crippen molar-refractivity contribution in [3.63, 3.8) is 0 Å². The van der Waals surface area contributed by atoms with Crippen molar-refractivity contribution in [2.24, 2.45) is 0 Å². The largest absolute Gasteiger partial charge is 0.325 e. The van der Waals surface area contributed by atoms with E-state index in [0.717, 1.165) is 21.7 Å². The van der Waals surface area contributed by atoms with E-state index in [2.05, 4.69) is 21.2 Å². The lowest BCUT2D eigenvalue weighted by Gasteiger charge is -2.12. The Kier molecular flexibility index (Phi) is 4.73. The molecule has 0 aliphatic heterocycles. The molecule has 0 aliphatic carbocycles. The van der Waals surface area contributed by atoms with Crippen molar-refractivity contribution in [3.05, 3.63) is 63.1 Å². The first kappa shape index (κ1) is 15.6. The molecule has 0 saturated heterocycles. The molecular weight excluding hydrogens is 340 g/mol. The van der Waals surface area contributed by atoms with Crippen LogP contribution >= 0.6 is 15.9 Å². The molecule has 0 unspecified atom stereocenters. The number of halogens is 3. The molecule has 2 rings (SSSR count). The van der Waals surface area contributed by atoms with Crippen molar-refractivity contribution in [1.29, 1.82) is 0 Å². The van der Waals surface area contributed by atoms with E-state index in [-0.39, 0.29) is 12.0 Å². The number of aryl methyl sites for hydroxylation is 2. The molecule has 2 aromatic carbocycles. The first-order chi connectivity index (χ1) is 9.88. The highest BCUT2D eigenvalue weighted by molar-refractivity contribution is 9.10. The van der Waals surface area contributed by atoms with Gasteiger partial charge in [0.05, 0.1) is 12.1 Å². The van der Waals surface area contributed by atoms with Gasteiger partial charge in [-0.2, -0.15) is 0 Å². The zero-order valence-corrected chi connectivity index (χ0v) is 13.2. The fourth-order valence-corrected chi connectivity index (χ4v) is 2.89. The van der Waals surface area contributed by atoms with Crippen LogP contribution in [0.4, 0.5) is 14.5 Å². The van der Waals surface area contributed by atoms with E-state index in [1.165, 1.54) is 12.1 Å². The molecule has 0 atom stereocenters. The SMILES string of the molecule is Cc1cc(C)c(NC(=O)Cc2cccc(F)c2F)c(Br)c1. The molecule has 21 heavy (non-hydrogen) atoms. The van der Waals surface area contributed by atoms with E-state index in [0.29, 0.717) is 5.69 Å². The summed E-state index contributed by atoms with van der Waals surface area (Å²) in [5.74, 6) is -2.33. The van der Waals surface area contributed by atoms with Crippen LogP contribution in [0.5, 0.6) is 0 Å². The third-order valence-corrected chi connectivity index (χ3v) is 3.70. The molecule has 0 aliphatic rings. The van der Waals surface area contributed by atoms with Crippen molar-refractivity contribution in [3.8, 4) is 0 Å². The smallest absolute Gasteiger partial charge is 0.228 e. The highest BCUT2D eigenvalue weighted by atomic mass is 79.9. The van der Waals surface area contributed by atoms with Gasteiger partial charge in [0.25, 0.3) is 0 Å². The minimum absolute atomic E-state index is 0.0355. The second-order valence-electron chi connectivity index (χ2n) is 4.88. The molecule has 0 spiro atoms. The van der Waals surface area contributed by atoms with Gasteiger partial charge in [0.15, 0.2) is 11.6 Å².